The Labute approximate surface area is 152 Å². The van der Waals surface area contributed by atoms with Crippen molar-refractivity contribution in [2.24, 2.45) is 5.14 Å². The molecule has 2 heterocycles. The van der Waals surface area contributed by atoms with Crippen LogP contribution in [0.1, 0.15) is 25.5 Å². The predicted molar refractivity (Wildman–Crippen MR) is 94.6 cm³/mol. The molecule has 0 amide bonds. The number of primary sulfonamides is 1. The van der Waals surface area contributed by atoms with Crippen molar-refractivity contribution >= 4 is 43.8 Å². The molecule has 24 heavy (non-hydrogen) atoms. The van der Waals surface area contributed by atoms with Crippen LogP contribution >= 0.6 is 23.7 Å². The number of nitrogens with zero attached hydrogens (tertiary/aromatic N) is 1. The Kier molecular flexibility index (Phi) is 7.63. The fourth-order valence-electron chi connectivity index (χ4n) is 2.41. The Morgan fingerprint density at radius 3 is 2.67 bits per heavy atom. The molecule has 0 saturated heterocycles. The van der Waals surface area contributed by atoms with E-state index in [-0.39, 0.29) is 46.6 Å². The first-order valence-corrected chi connectivity index (χ1v) is 11.0. The zero-order valence-corrected chi connectivity index (χ0v) is 16.7. The highest BCUT2D eigenvalue weighted by atomic mass is 35.5. The summed E-state index contributed by atoms with van der Waals surface area (Å²) < 4.78 is 55.0. The summed E-state index contributed by atoms with van der Waals surface area (Å²) >= 11 is 0.698. The fraction of sp³-hybridized carbons (Fsp3) is 0.667. The number of likely N-dealkylation sites (N-methyl/N-ethyl adjacent to an activating group) is 1. The van der Waals surface area contributed by atoms with E-state index in [0.29, 0.717) is 30.1 Å². The molecule has 140 valence electrons. The molecular formula is C12H22ClN3O5S3. The van der Waals surface area contributed by atoms with Gasteiger partial charge in [0.2, 0.25) is 10.0 Å². The number of thiophene rings is 1. The Morgan fingerprint density at radius 2 is 2.12 bits per heavy atom. The van der Waals surface area contributed by atoms with Gasteiger partial charge in [0.15, 0.2) is 0 Å². The summed E-state index contributed by atoms with van der Waals surface area (Å²) in [4.78, 5) is 0. The van der Waals surface area contributed by atoms with Crippen molar-refractivity contribution in [3.05, 3.63) is 11.6 Å². The van der Waals surface area contributed by atoms with Crippen molar-refractivity contribution in [1.29, 1.82) is 0 Å². The zero-order chi connectivity index (χ0) is 17.3. The lowest BCUT2D eigenvalue weighted by Gasteiger charge is -2.32. The van der Waals surface area contributed by atoms with E-state index in [1.54, 1.807) is 0 Å². The quantitative estimate of drug-likeness (QED) is 0.621. The van der Waals surface area contributed by atoms with Crippen molar-refractivity contribution in [3.63, 3.8) is 0 Å². The topological polar surface area (TPSA) is 119 Å². The maximum Gasteiger partial charge on any atom is 0.253 e. The second kappa shape index (κ2) is 8.41. The molecule has 1 aromatic heterocycles. The number of hydrogen-bond donors (Lipinski definition) is 2. The smallest absolute Gasteiger partial charge is 0.253 e. The van der Waals surface area contributed by atoms with Crippen LogP contribution in [-0.2, 0) is 24.8 Å². The average Bonchev–Trinajstić information content (AvgIpc) is 2.90. The van der Waals surface area contributed by atoms with Gasteiger partial charge >= 0.3 is 0 Å². The van der Waals surface area contributed by atoms with E-state index in [1.807, 2.05) is 13.8 Å². The molecular weight excluding hydrogens is 398 g/mol. The summed E-state index contributed by atoms with van der Waals surface area (Å²) in [7, 11) is -7.68. The van der Waals surface area contributed by atoms with E-state index in [2.05, 4.69) is 5.32 Å². The van der Waals surface area contributed by atoms with Gasteiger partial charge in [-0.3, -0.25) is 0 Å². The molecule has 1 aromatic rings. The molecule has 0 saturated carbocycles. The van der Waals surface area contributed by atoms with Gasteiger partial charge in [-0.05, 0) is 19.5 Å². The normalized spacial score (nSPS) is 20.4. The van der Waals surface area contributed by atoms with Gasteiger partial charge in [-0.2, -0.15) is 4.31 Å². The second-order valence-electron chi connectivity index (χ2n) is 5.02. The van der Waals surface area contributed by atoms with Crippen LogP contribution in [0, 0.1) is 0 Å². The minimum Gasteiger partial charge on any atom is -0.380 e. The third kappa shape index (κ3) is 4.47. The molecule has 2 rings (SSSR count). The molecule has 1 aliphatic heterocycles. The molecule has 3 N–H and O–H groups in total. The first-order chi connectivity index (χ1) is 10.7. The van der Waals surface area contributed by atoms with Gasteiger partial charge in [0, 0.05) is 31.3 Å². The Hall–Kier alpha value is -0.270. The highest BCUT2D eigenvalue weighted by Gasteiger charge is 2.39. The molecule has 0 bridgehead atoms. The third-order valence-electron chi connectivity index (χ3n) is 3.46. The largest absolute Gasteiger partial charge is 0.380 e. The van der Waals surface area contributed by atoms with Crippen LogP contribution in [0.5, 0.6) is 0 Å². The summed E-state index contributed by atoms with van der Waals surface area (Å²) in [6, 6.07) is 1.09. The van der Waals surface area contributed by atoms with E-state index >= 15 is 0 Å². The zero-order valence-electron chi connectivity index (χ0n) is 13.4. The molecule has 8 nitrogen and oxygen atoms in total. The van der Waals surface area contributed by atoms with E-state index in [1.165, 1.54) is 10.4 Å². The van der Waals surface area contributed by atoms with Gasteiger partial charge in [-0.15, -0.1) is 23.7 Å². The number of nitrogens with one attached hydrogen (secondary N) is 1. The molecule has 0 fully saturated rings. The maximum atomic E-state index is 12.7. The van der Waals surface area contributed by atoms with E-state index in [4.69, 9.17) is 9.88 Å². The number of halogens is 1. The first-order valence-electron chi connectivity index (χ1n) is 7.19. The number of fused-ring (bicyclic) bond motifs is 1. The van der Waals surface area contributed by atoms with Gasteiger partial charge in [-0.25, -0.2) is 22.0 Å². The summed E-state index contributed by atoms with van der Waals surface area (Å²) in [6.45, 7) is 5.62. The maximum absolute atomic E-state index is 12.7. The van der Waals surface area contributed by atoms with Crippen molar-refractivity contribution in [3.8, 4) is 0 Å². The van der Waals surface area contributed by atoms with Gasteiger partial charge < -0.3 is 10.1 Å². The summed E-state index contributed by atoms with van der Waals surface area (Å²) in [5, 5.41) is 8.33. The number of sulfonamides is 2. The van der Waals surface area contributed by atoms with Crippen molar-refractivity contribution in [2.45, 2.75) is 28.3 Å². The molecule has 0 spiro atoms. The van der Waals surface area contributed by atoms with Crippen molar-refractivity contribution in [1.82, 2.24) is 9.62 Å². The van der Waals surface area contributed by atoms with Crippen LogP contribution in [0.15, 0.2) is 14.5 Å². The van der Waals surface area contributed by atoms with Crippen LogP contribution in [0.3, 0.4) is 0 Å². The number of nitrogens with two attached hydrogens (primary N) is 1. The summed E-state index contributed by atoms with van der Waals surface area (Å²) in [5.74, 6) is 0. The lowest BCUT2D eigenvalue weighted by atomic mass is 10.1. The highest BCUT2D eigenvalue weighted by Crippen LogP contribution is 2.39. The predicted octanol–water partition coefficient (Wildman–Crippen LogP) is 0.509. The van der Waals surface area contributed by atoms with Crippen LogP contribution < -0.4 is 10.5 Å². The van der Waals surface area contributed by atoms with Crippen LogP contribution in [-0.4, -0.2) is 54.0 Å². The van der Waals surface area contributed by atoms with E-state index < -0.39 is 20.0 Å². The van der Waals surface area contributed by atoms with Crippen LogP contribution in [0.2, 0.25) is 0 Å². The average molecular weight is 420 g/mol. The minimum atomic E-state index is -3.94. The van der Waals surface area contributed by atoms with E-state index in [0.717, 1.165) is 0 Å². The van der Waals surface area contributed by atoms with Gasteiger partial charge in [0.1, 0.15) is 8.42 Å². The lowest BCUT2D eigenvalue weighted by molar-refractivity contribution is 0.131. The molecule has 0 unspecified atom stereocenters. The SMILES string of the molecule is CCN[C@H]1CN(CCOCC)S(=O)(=O)c2sc(S(N)(=O)=O)cc21.Cl. The number of rotatable bonds is 7. The third-order valence-corrected chi connectivity index (χ3v) is 8.42. The van der Waals surface area contributed by atoms with Crippen molar-refractivity contribution < 1.29 is 21.6 Å². The molecule has 0 radical (unpaired) electrons. The molecule has 0 aliphatic carbocycles. The first kappa shape index (κ1) is 21.8. The number of ether oxygens (including phenoxy) is 1. The van der Waals surface area contributed by atoms with E-state index in [9.17, 15) is 16.8 Å². The Balaban J connectivity index is 0.00000288. The molecule has 1 aliphatic rings. The van der Waals surface area contributed by atoms with Crippen LogP contribution in [0.4, 0.5) is 0 Å². The molecule has 0 aromatic carbocycles. The van der Waals surface area contributed by atoms with Crippen LogP contribution in [0.25, 0.3) is 0 Å². The fourth-order valence-corrected chi connectivity index (χ4v) is 6.66. The lowest BCUT2D eigenvalue weighted by Crippen LogP contribution is -2.44. The second-order valence-corrected chi connectivity index (χ2v) is 10.00. The standard InChI is InChI=1S/C12H21N3O5S3.ClH/c1-3-14-10-8-15(5-6-20-4-2)23(18,19)12-9(10)7-11(21-12)22(13,16)17;/h7,10,14H,3-6,8H2,1-2H3,(H2,13,16,17);1H/t10-;/m0./s1. The van der Waals surface area contributed by atoms with Crippen molar-refractivity contribution in [2.75, 3.05) is 32.8 Å². The van der Waals surface area contributed by atoms with Gasteiger partial charge in [0.05, 0.1) is 6.61 Å². The minimum absolute atomic E-state index is 0. The molecule has 1 atom stereocenters. The monoisotopic (exact) mass is 419 g/mol. The Bertz CT molecular complexity index is 763. The summed E-state index contributed by atoms with van der Waals surface area (Å²) in [5.41, 5.74) is 0.466. The highest BCUT2D eigenvalue weighted by molar-refractivity contribution is 7.94. The summed E-state index contributed by atoms with van der Waals surface area (Å²) in [6.07, 6.45) is 0. The van der Waals surface area contributed by atoms with Gasteiger partial charge in [0.25, 0.3) is 10.0 Å². The Morgan fingerprint density at radius 1 is 1.46 bits per heavy atom. The number of hydrogen-bond acceptors (Lipinski definition) is 7. The molecule has 12 heteroatoms. The van der Waals surface area contributed by atoms with Gasteiger partial charge in [-0.1, -0.05) is 6.92 Å².